The molecule has 4 rings (SSSR count). The second-order valence-electron chi connectivity index (χ2n) is 8.55. The fourth-order valence-electron chi connectivity index (χ4n) is 3.59. The molecule has 0 bridgehead atoms. The molecule has 0 aliphatic heterocycles. The molecule has 9 heteroatoms. The van der Waals surface area contributed by atoms with Gasteiger partial charge in [0, 0.05) is 37.5 Å². The van der Waals surface area contributed by atoms with Gasteiger partial charge < -0.3 is 15.5 Å². The highest BCUT2D eigenvalue weighted by atomic mass is 32.1. The molecule has 0 saturated carbocycles. The normalized spacial score (nSPS) is 11.4. The van der Waals surface area contributed by atoms with Gasteiger partial charge in [-0.3, -0.25) is 10.1 Å². The van der Waals surface area contributed by atoms with E-state index in [1.807, 2.05) is 98.7 Å². The maximum absolute atomic E-state index is 13.2. The van der Waals surface area contributed by atoms with Crippen LogP contribution in [0, 0.1) is 6.92 Å². The summed E-state index contributed by atoms with van der Waals surface area (Å²) in [6.07, 6.45) is 0.325. The number of benzene rings is 3. The van der Waals surface area contributed by atoms with E-state index < -0.39 is 12.1 Å². The van der Waals surface area contributed by atoms with Crippen LogP contribution in [0.2, 0.25) is 0 Å². The zero-order valence-electron chi connectivity index (χ0n) is 20.4. The highest BCUT2D eigenvalue weighted by molar-refractivity contribution is 7.18. The van der Waals surface area contributed by atoms with Gasteiger partial charge in [-0.2, -0.15) is 0 Å². The van der Waals surface area contributed by atoms with Gasteiger partial charge in [-0.1, -0.05) is 53.8 Å². The van der Waals surface area contributed by atoms with E-state index in [0.29, 0.717) is 22.2 Å². The van der Waals surface area contributed by atoms with Gasteiger partial charge in [0.05, 0.1) is 0 Å². The average Bonchev–Trinajstić information content (AvgIpc) is 3.32. The number of aromatic nitrogens is 2. The molecule has 4 aromatic rings. The molecule has 1 heterocycles. The monoisotopic (exact) mass is 500 g/mol. The molecule has 3 amide bonds. The topological polar surface area (TPSA) is 99.2 Å². The second kappa shape index (κ2) is 11.5. The molecular formula is C27H28N6O2S. The Morgan fingerprint density at radius 2 is 1.67 bits per heavy atom. The lowest BCUT2D eigenvalue weighted by Crippen LogP contribution is -2.46. The first-order valence-corrected chi connectivity index (χ1v) is 12.3. The van der Waals surface area contributed by atoms with E-state index in [1.54, 1.807) is 6.07 Å². The van der Waals surface area contributed by atoms with Crippen molar-refractivity contribution < 1.29 is 9.59 Å². The Labute approximate surface area is 214 Å². The third-order valence-electron chi connectivity index (χ3n) is 5.47. The number of carbonyl (C=O) groups is 2. The van der Waals surface area contributed by atoms with Crippen molar-refractivity contribution in [3.8, 4) is 10.6 Å². The zero-order chi connectivity index (χ0) is 25.5. The van der Waals surface area contributed by atoms with Crippen LogP contribution in [0.3, 0.4) is 0 Å². The van der Waals surface area contributed by atoms with Crippen LogP contribution in [0.25, 0.3) is 10.6 Å². The van der Waals surface area contributed by atoms with Gasteiger partial charge in [-0.05, 0) is 54.4 Å². The van der Waals surface area contributed by atoms with Crippen molar-refractivity contribution in [1.29, 1.82) is 0 Å². The van der Waals surface area contributed by atoms with Crippen molar-refractivity contribution in [2.24, 2.45) is 0 Å². The third-order valence-corrected chi connectivity index (χ3v) is 6.35. The Morgan fingerprint density at radius 1 is 0.917 bits per heavy atom. The summed E-state index contributed by atoms with van der Waals surface area (Å²) in [5.41, 5.74) is 4.59. The number of amides is 3. The SMILES string of the molecule is Cc1cccc(NC(=O)NC(Cc2ccccc2)C(=O)Nc2nnc(-c3ccc(N(C)C)cc3)s2)c1. The van der Waals surface area contributed by atoms with Gasteiger partial charge in [0.25, 0.3) is 0 Å². The van der Waals surface area contributed by atoms with Crippen molar-refractivity contribution in [2.45, 2.75) is 19.4 Å². The molecule has 0 fully saturated rings. The fraction of sp³-hybridized carbons (Fsp3) is 0.185. The minimum Gasteiger partial charge on any atom is -0.378 e. The first-order chi connectivity index (χ1) is 17.4. The lowest BCUT2D eigenvalue weighted by molar-refractivity contribution is -0.117. The number of rotatable bonds is 8. The summed E-state index contributed by atoms with van der Waals surface area (Å²) in [4.78, 5) is 27.9. The summed E-state index contributed by atoms with van der Waals surface area (Å²) >= 11 is 1.28. The highest BCUT2D eigenvalue weighted by Gasteiger charge is 2.23. The van der Waals surface area contributed by atoms with E-state index in [4.69, 9.17) is 0 Å². The van der Waals surface area contributed by atoms with Gasteiger partial charge in [-0.25, -0.2) is 4.79 Å². The summed E-state index contributed by atoms with van der Waals surface area (Å²) in [6, 6.07) is 23.7. The summed E-state index contributed by atoms with van der Waals surface area (Å²) in [7, 11) is 3.96. The van der Waals surface area contributed by atoms with Gasteiger partial charge in [-0.15, -0.1) is 10.2 Å². The molecule has 36 heavy (non-hydrogen) atoms. The Balaban J connectivity index is 1.46. The molecular weight excluding hydrogens is 472 g/mol. The van der Waals surface area contributed by atoms with Crippen molar-refractivity contribution in [3.05, 3.63) is 90.0 Å². The van der Waals surface area contributed by atoms with Gasteiger partial charge in [0.2, 0.25) is 11.0 Å². The van der Waals surface area contributed by atoms with Crippen LogP contribution in [0.4, 0.5) is 21.3 Å². The number of anilines is 3. The maximum Gasteiger partial charge on any atom is 0.319 e. The number of urea groups is 1. The van der Waals surface area contributed by atoms with E-state index in [9.17, 15) is 9.59 Å². The predicted molar refractivity (Wildman–Crippen MR) is 146 cm³/mol. The van der Waals surface area contributed by atoms with E-state index in [-0.39, 0.29) is 5.91 Å². The lowest BCUT2D eigenvalue weighted by Gasteiger charge is -2.18. The van der Waals surface area contributed by atoms with Gasteiger partial charge in [0.15, 0.2) is 0 Å². The van der Waals surface area contributed by atoms with Gasteiger partial charge in [0.1, 0.15) is 11.0 Å². The number of nitrogens with zero attached hydrogens (tertiary/aromatic N) is 3. The minimum absolute atomic E-state index is 0.325. The van der Waals surface area contributed by atoms with E-state index in [0.717, 1.165) is 22.4 Å². The minimum atomic E-state index is -0.816. The first-order valence-electron chi connectivity index (χ1n) is 11.5. The molecule has 0 radical (unpaired) electrons. The van der Waals surface area contributed by atoms with Crippen LogP contribution < -0.4 is 20.9 Å². The Kier molecular flexibility index (Phi) is 7.92. The molecule has 184 valence electrons. The predicted octanol–water partition coefficient (Wildman–Crippen LogP) is 4.95. The zero-order valence-corrected chi connectivity index (χ0v) is 21.2. The van der Waals surface area contributed by atoms with E-state index >= 15 is 0 Å². The van der Waals surface area contributed by atoms with Crippen LogP contribution in [-0.2, 0) is 11.2 Å². The van der Waals surface area contributed by atoms with Crippen molar-refractivity contribution >= 4 is 39.8 Å². The van der Waals surface area contributed by atoms with Gasteiger partial charge >= 0.3 is 6.03 Å². The summed E-state index contributed by atoms with van der Waals surface area (Å²) in [6.45, 7) is 1.95. The molecule has 3 N–H and O–H groups in total. The smallest absolute Gasteiger partial charge is 0.319 e. The van der Waals surface area contributed by atoms with E-state index in [1.165, 1.54) is 11.3 Å². The van der Waals surface area contributed by atoms with Crippen molar-refractivity contribution in [1.82, 2.24) is 15.5 Å². The van der Waals surface area contributed by atoms with Crippen molar-refractivity contribution in [2.75, 3.05) is 29.6 Å². The number of aryl methyl sites for hydroxylation is 1. The Bertz CT molecular complexity index is 1320. The Hall–Kier alpha value is -4.24. The molecule has 1 aromatic heterocycles. The molecule has 0 aliphatic rings. The summed E-state index contributed by atoms with van der Waals surface area (Å²) < 4.78 is 0. The van der Waals surface area contributed by atoms with Crippen LogP contribution in [-0.4, -0.2) is 42.3 Å². The lowest BCUT2D eigenvalue weighted by atomic mass is 10.1. The summed E-state index contributed by atoms with van der Waals surface area (Å²) in [5, 5.41) is 17.8. The quantitative estimate of drug-likeness (QED) is 0.318. The number of carbonyl (C=O) groups excluding carboxylic acids is 2. The Morgan fingerprint density at radius 3 is 2.36 bits per heavy atom. The largest absolute Gasteiger partial charge is 0.378 e. The first kappa shape index (κ1) is 24.9. The molecule has 1 unspecified atom stereocenters. The molecule has 8 nitrogen and oxygen atoms in total. The number of nitrogens with one attached hydrogen (secondary N) is 3. The molecule has 0 aliphatic carbocycles. The molecule has 0 spiro atoms. The number of hydrogen-bond acceptors (Lipinski definition) is 6. The summed E-state index contributed by atoms with van der Waals surface area (Å²) in [5.74, 6) is -0.371. The van der Waals surface area contributed by atoms with Crippen LogP contribution in [0.15, 0.2) is 78.9 Å². The van der Waals surface area contributed by atoms with E-state index in [2.05, 4.69) is 26.1 Å². The fourth-order valence-corrected chi connectivity index (χ4v) is 4.34. The number of hydrogen-bond donors (Lipinski definition) is 3. The molecule has 3 aromatic carbocycles. The molecule has 1 atom stereocenters. The third kappa shape index (κ3) is 6.67. The van der Waals surface area contributed by atoms with Crippen LogP contribution in [0.1, 0.15) is 11.1 Å². The van der Waals surface area contributed by atoms with Crippen molar-refractivity contribution in [3.63, 3.8) is 0 Å². The molecule has 0 saturated heterocycles. The maximum atomic E-state index is 13.2. The average molecular weight is 501 g/mol. The van der Waals surface area contributed by atoms with Crippen LogP contribution >= 0.6 is 11.3 Å². The standard InChI is InChI=1S/C27H28N6O2S/c1-18-8-7-11-21(16-18)28-26(35)29-23(17-19-9-5-4-6-10-19)24(34)30-27-32-31-25(36-27)20-12-14-22(15-13-20)33(2)3/h4-16,23H,17H2,1-3H3,(H2,28,29,35)(H,30,32,34). The highest BCUT2D eigenvalue weighted by Crippen LogP contribution is 2.28. The van der Waals surface area contributed by atoms with Crippen LogP contribution in [0.5, 0.6) is 0 Å². The second-order valence-corrected chi connectivity index (χ2v) is 9.53.